The molecule has 3 aromatic rings. The molecule has 2 N–H and O–H groups in total. The van der Waals surface area contributed by atoms with Crippen molar-refractivity contribution in [2.24, 2.45) is 0 Å². The van der Waals surface area contributed by atoms with Gasteiger partial charge in [0.15, 0.2) is 0 Å². The molecular formula is C15H12BrN3. The third-order valence-corrected chi connectivity index (χ3v) is 3.64. The lowest BCUT2D eigenvalue weighted by Crippen LogP contribution is -1.99. The quantitative estimate of drug-likeness (QED) is 0.729. The zero-order valence-corrected chi connectivity index (χ0v) is 11.7. The van der Waals surface area contributed by atoms with Crippen molar-refractivity contribution in [3.63, 3.8) is 0 Å². The van der Waals surface area contributed by atoms with E-state index in [2.05, 4.69) is 27.1 Å². The zero-order chi connectivity index (χ0) is 13.2. The molecule has 3 nitrogen and oxygen atoms in total. The van der Waals surface area contributed by atoms with Crippen molar-refractivity contribution in [3.05, 3.63) is 65.4 Å². The summed E-state index contributed by atoms with van der Waals surface area (Å²) in [6.07, 6.45) is 3.82. The van der Waals surface area contributed by atoms with Crippen LogP contribution in [-0.4, -0.2) is 9.78 Å². The first-order valence-corrected chi connectivity index (χ1v) is 6.69. The fourth-order valence-electron chi connectivity index (χ4n) is 1.99. The molecule has 0 aliphatic carbocycles. The highest BCUT2D eigenvalue weighted by atomic mass is 79.9. The van der Waals surface area contributed by atoms with E-state index < -0.39 is 0 Å². The Morgan fingerprint density at radius 1 is 1.00 bits per heavy atom. The van der Waals surface area contributed by atoms with Gasteiger partial charge in [0.1, 0.15) is 0 Å². The van der Waals surface area contributed by atoms with E-state index in [1.807, 2.05) is 54.9 Å². The fraction of sp³-hybridized carbons (Fsp3) is 0. The normalized spacial score (nSPS) is 10.6. The van der Waals surface area contributed by atoms with Crippen LogP contribution < -0.4 is 5.73 Å². The molecule has 0 fully saturated rings. The standard InChI is InChI=1S/C15H12BrN3/c16-13-6-2-1-5-12(13)11-9-18-19(10-11)15-8-4-3-7-14(15)17/h1-10H,17H2. The van der Waals surface area contributed by atoms with E-state index >= 15 is 0 Å². The Labute approximate surface area is 119 Å². The highest BCUT2D eigenvalue weighted by molar-refractivity contribution is 9.10. The number of nitrogens with two attached hydrogens (primary N) is 1. The Balaban J connectivity index is 2.06. The second-order valence-electron chi connectivity index (χ2n) is 4.21. The third-order valence-electron chi connectivity index (χ3n) is 2.95. The summed E-state index contributed by atoms with van der Waals surface area (Å²) in [5.74, 6) is 0. The minimum absolute atomic E-state index is 0.712. The van der Waals surface area contributed by atoms with E-state index in [0.29, 0.717) is 5.69 Å². The Kier molecular flexibility index (Phi) is 3.09. The van der Waals surface area contributed by atoms with Crippen molar-refractivity contribution in [2.45, 2.75) is 0 Å². The maximum Gasteiger partial charge on any atom is 0.0875 e. The van der Waals surface area contributed by atoms with Crippen LogP contribution in [0.1, 0.15) is 0 Å². The van der Waals surface area contributed by atoms with Crippen LogP contribution in [-0.2, 0) is 0 Å². The van der Waals surface area contributed by atoms with Gasteiger partial charge in [0.05, 0.1) is 17.6 Å². The second-order valence-corrected chi connectivity index (χ2v) is 5.07. The summed E-state index contributed by atoms with van der Waals surface area (Å²) in [7, 11) is 0. The van der Waals surface area contributed by atoms with E-state index in [9.17, 15) is 0 Å². The van der Waals surface area contributed by atoms with Crippen LogP contribution in [0.5, 0.6) is 0 Å². The van der Waals surface area contributed by atoms with Crippen LogP contribution in [0, 0.1) is 0 Å². The Morgan fingerprint density at radius 2 is 1.74 bits per heavy atom. The van der Waals surface area contributed by atoms with Crippen LogP contribution in [0.15, 0.2) is 65.4 Å². The maximum absolute atomic E-state index is 5.96. The zero-order valence-electron chi connectivity index (χ0n) is 10.1. The fourth-order valence-corrected chi connectivity index (χ4v) is 2.50. The molecule has 19 heavy (non-hydrogen) atoms. The van der Waals surface area contributed by atoms with Gasteiger partial charge in [-0.05, 0) is 23.8 Å². The largest absolute Gasteiger partial charge is 0.397 e. The summed E-state index contributed by atoms with van der Waals surface area (Å²) in [6, 6.07) is 15.8. The molecule has 2 aromatic carbocycles. The Hall–Kier alpha value is -2.07. The second kappa shape index (κ2) is 4.90. The van der Waals surface area contributed by atoms with E-state index in [1.54, 1.807) is 4.68 Å². The first-order chi connectivity index (χ1) is 9.25. The molecule has 0 aliphatic heterocycles. The molecule has 0 saturated heterocycles. The molecule has 0 amide bonds. The number of hydrogen-bond acceptors (Lipinski definition) is 2. The first kappa shape index (κ1) is 12.0. The van der Waals surface area contributed by atoms with E-state index in [-0.39, 0.29) is 0 Å². The molecule has 0 atom stereocenters. The number of hydrogen-bond donors (Lipinski definition) is 1. The number of nitrogen functional groups attached to an aromatic ring is 1. The summed E-state index contributed by atoms with van der Waals surface area (Å²) in [6.45, 7) is 0. The summed E-state index contributed by atoms with van der Waals surface area (Å²) in [4.78, 5) is 0. The molecule has 0 aliphatic rings. The van der Waals surface area contributed by atoms with Crippen LogP contribution in [0.2, 0.25) is 0 Å². The molecule has 3 rings (SSSR count). The van der Waals surface area contributed by atoms with Gasteiger partial charge < -0.3 is 5.73 Å². The van der Waals surface area contributed by atoms with Crippen molar-refractivity contribution in [1.29, 1.82) is 0 Å². The van der Waals surface area contributed by atoms with E-state index in [1.165, 1.54) is 0 Å². The van der Waals surface area contributed by atoms with Gasteiger partial charge >= 0.3 is 0 Å². The van der Waals surface area contributed by atoms with Crippen molar-refractivity contribution >= 4 is 21.6 Å². The number of rotatable bonds is 2. The minimum atomic E-state index is 0.712. The van der Waals surface area contributed by atoms with Crippen molar-refractivity contribution < 1.29 is 0 Å². The predicted molar refractivity (Wildman–Crippen MR) is 81.1 cm³/mol. The molecule has 0 bridgehead atoms. The van der Waals surface area contributed by atoms with Gasteiger partial charge in [-0.2, -0.15) is 5.10 Å². The lowest BCUT2D eigenvalue weighted by molar-refractivity contribution is 0.883. The molecule has 0 spiro atoms. The smallest absolute Gasteiger partial charge is 0.0875 e. The number of anilines is 1. The van der Waals surface area contributed by atoms with E-state index in [0.717, 1.165) is 21.3 Å². The van der Waals surface area contributed by atoms with Gasteiger partial charge in [-0.1, -0.05) is 46.3 Å². The van der Waals surface area contributed by atoms with Crippen LogP contribution in [0.25, 0.3) is 16.8 Å². The van der Waals surface area contributed by atoms with Crippen LogP contribution in [0.3, 0.4) is 0 Å². The Bertz CT molecular complexity index is 659. The van der Waals surface area contributed by atoms with Gasteiger partial charge in [-0.25, -0.2) is 4.68 Å². The van der Waals surface area contributed by atoms with Crippen molar-refractivity contribution in [1.82, 2.24) is 9.78 Å². The van der Waals surface area contributed by atoms with E-state index in [4.69, 9.17) is 5.73 Å². The van der Waals surface area contributed by atoms with Gasteiger partial charge in [-0.15, -0.1) is 0 Å². The lowest BCUT2D eigenvalue weighted by Gasteiger charge is -2.04. The highest BCUT2D eigenvalue weighted by Crippen LogP contribution is 2.28. The molecule has 4 heteroatoms. The number of para-hydroxylation sites is 2. The van der Waals surface area contributed by atoms with Crippen molar-refractivity contribution in [3.8, 4) is 16.8 Å². The molecule has 0 radical (unpaired) electrons. The highest BCUT2D eigenvalue weighted by Gasteiger charge is 2.07. The SMILES string of the molecule is Nc1ccccc1-n1cc(-c2ccccc2Br)cn1. The third kappa shape index (κ3) is 2.27. The number of aromatic nitrogens is 2. The van der Waals surface area contributed by atoms with Crippen LogP contribution >= 0.6 is 15.9 Å². The average Bonchev–Trinajstić information content (AvgIpc) is 2.89. The summed E-state index contributed by atoms with van der Waals surface area (Å²) in [5, 5.41) is 4.38. The minimum Gasteiger partial charge on any atom is -0.397 e. The molecular weight excluding hydrogens is 302 g/mol. The first-order valence-electron chi connectivity index (χ1n) is 5.90. The number of benzene rings is 2. The summed E-state index contributed by atoms with van der Waals surface area (Å²) >= 11 is 3.55. The molecule has 1 heterocycles. The summed E-state index contributed by atoms with van der Waals surface area (Å²) in [5.41, 5.74) is 9.73. The summed E-state index contributed by atoms with van der Waals surface area (Å²) < 4.78 is 2.85. The molecule has 0 saturated carbocycles. The van der Waals surface area contributed by atoms with Gasteiger partial charge in [-0.3, -0.25) is 0 Å². The van der Waals surface area contributed by atoms with Gasteiger partial charge in [0.25, 0.3) is 0 Å². The number of nitrogens with zero attached hydrogens (tertiary/aromatic N) is 2. The monoisotopic (exact) mass is 313 g/mol. The number of halogens is 1. The topological polar surface area (TPSA) is 43.8 Å². The molecule has 1 aromatic heterocycles. The van der Waals surface area contributed by atoms with Crippen molar-refractivity contribution in [2.75, 3.05) is 5.73 Å². The van der Waals surface area contributed by atoms with Gasteiger partial charge in [0, 0.05) is 16.2 Å². The maximum atomic E-state index is 5.96. The molecule has 0 unspecified atom stereocenters. The predicted octanol–water partition coefficient (Wildman–Crippen LogP) is 3.88. The van der Waals surface area contributed by atoms with Crippen LogP contribution in [0.4, 0.5) is 5.69 Å². The average molecular weight is 314 g/mol. The Morgan fingerprint density at radius 3 is 2.53 bits per heavy atom. The van der Waals surface area contributed by atoms with Gasteiger partial charge in [0.2, 0.25) is 0 Å². The molecule has 94 valence electrons. The lowest BCUT2D eigenvalue weighted by atomic mass is 10.1.